The SMILES string of the molecule is CCNC(=NCc1ccc(OCC2CC2)nc1)NC1CCN(c2ccccc2OC)C1. The van der Waals surface area contributed by atoms with Gasteiger partial charge in [-0.3, -0.25) is 0 Å². The number of anilines is 1. The Hall–Kier alpha value is -2.96. The van der Waals surface area contributed by atoms with Crippen molar-refractivity contribution in [3.05, 3.63) is 48.2 Å². The molecule has 1 aromatic heterocycles. The molecule has 1 unspecified atom stereocenters. The molecule has 4 rings (SSSR count). The van der Waals surface area contributed by atoms with Crippen molar-refractivity contribution >= 4 is 11.6 Å². The molecule has 2 N–H and O–H groups in total. The number of nitrogens with one attached hydrogen (secondary N) is 2. The van der Waals surface area contributed by atoms with E-state index < -0.39 is 0 Å². The van der Waals surface area contributed by atoms with Crippen molar-refractivity contribution < 1.29 is 9.47 Å². The molecule has 7 heteroatoms. The number of pyridine rings is 1. The van der Waals surface area contributed by atoms with Crippen molar-refractivity contribution in [3.8, 4) is 11.6 Å². The summed E-state index contributed by atoms with van der Waals surface area (Å²) in [7, 11) is 1.72. The summed E-state index contributed by atoms with van der Waals surface area (Å²) in [5.41, 5.74) is 2.21. The molecule has 1 saturated heterocycles. The van der Waals surface area contributed by atoms with Crippen molar-refractivity contribution in [2.24, 2.45) is 10.9 Å². The Balaban J connectivity index is 1.31. The van der Waals surface area contributed by atoms with Crippen LogP contribution in [0.25, 0.3) is 0 Å². The molecule has 166 valence electrons. The number of methoxy groups -OCH3 is 1. The van der Waals surface area contributed by atoms with Crippen molar-refractivity contribution in [1.29, 1.82) is 0 Å². The number of aliphatic imine (C=N–C) groups is 1. The van der Waals surface area contributed by atoms with Gasteiger partial charge in [0.05, 0.1) is 25.9 Å². The van der Waals surface area contributed by atoms with E-state index in [9.17, 15) is 0 Å². The van der Waals surface area contributed by atoms with Gasteiger partial charge in [-0.05, 0) is 49.8 Å². The summed E-state index contributed by atoms with van der Waals surface area (Å²) in [4.78, 5) is 11.5. The van der Waals surface area contributed by atoms with Crippen LogP contribution < -0.4 is 25.0 Å². The van der Waals surface area contributed by atoms with Crippen molar-refractivity contribution in [1.82, 2.24) is 15.6 Å². The van der Waals surface area contributed by atoms with E-state index in [4.69, 9.17) is 14.5 Å². The molecule has 0 amide bonds. The Morgan fingerprint density at radius 1 is 1.19 bits per heavy atom. The predicted octanol–water partition coefficient (Wildman–Crippen LogP) is 3.21. The zero-order valence-electron chi connectivity index (χ0n) is 18.5. The maximum Gasteiger partial charge on any atom is 0.213 e. The third kappa shape index (κ3) is 6.03. The average molecular weight is 424 g/mol. The minimum Gasteiger partial charge on any atom is -0.495 e. The van der Waals surface area contributed by atoms with Gasteiger partial charge in [0.2, 0.25) is 5.88 Å². The minimum absolute atomic E-state index is 0.332. The number of hydrogen-bond donors (Lipinski definition) is 2. The molecule has 1 atom stereocenters. The molecular weight excluding hydrogens is 390 g/mol. The van der Waals surface area contributed by atoms with E-state index in [2.05, 4.69) is 39.6 Å². The highest BCUT2D eigenvalue weighted by molar-refractivity contribution is 5.80. The van der Waals surface area contributed by atoms with Crippen LogP contribution in [0.3, 0.4) is 0 Å². The average Bonchev–Trinajstić information content (AvgIpc) is 3.53. The van der Waals surface area contributed by atoms with Crippen LogP contribution in [0.15, 0.2) is 47.6 Å². The first-order valence-electron chi connectivity index (χ1n) is 11.3. The van der Waals surface area contributed by atoms with E-state index in [1.165, 1.54) is 12.8 Å². The highest BCUT2D eigenvalue weighted by atomic mass is 16.5. The van der Waals surface area contributed by atoms with Gasteiger partial charge in [0.15, 0.2) is 5.96 Å². The Morgan fingerprint density at radius 3 is 2.81 bits per heavy atom. The van der Waals surface area contributed by atoms with Crippen LogP contribution >= 0.6 is 0 Å². The van der Waals surface area contributed by atoms with Crippen LogP contribution in [0.4, 0.5) is 5.69 Å². The molecule has 0 spiro atoms. The smallest absolute Gasteiger partial charge is 0.213 e. The van der Waals surface area contributed by atoms with Gasteiger partial charge < -0.3 is 25.0 Å². The Kier molecular flexibility index (Phi) is 7.12. The van der Waals surface area contributed by atoms with Crippen LogP contribution in [0.5, 0.6) is 11.6 Å². The van der Waals surface area contributed by atoms with E-state index in [1.54, 1.807) is 7.11 Å². The van der Waals surface area contributed by atoms with Crippen molar-refractivity contribution in [2.45, 2.75) is 38.8 Å². The van der Waals surface area contributed by atoms with Gasteiger partial charge in [0.1, 0.15) is 5.75 Å². The van der Waals surface area contributed by atoms with Gasteiger partial charge in [-0.2, -0.15) is 0 Å². The molecule has 2 aliphatic rings. The summed E-state index contributed by atoms with van der Waals surface area (Å²) in [5, 5.41) is 6.95. The summed E-state index contributed by atoms with van der Waals surface area (Å²) in [6, 6.07) is 12.5. The van der Waals surface area contributed by atoms with E-state index in [1.807, 2.05) is 30.5 Å². The molecule has 31 heavy (non-hydrogen) atoms. The number of aromatic nitrogens is 1. The number of para-hydroxylation sites is 2. The molecule has 0 bridgehead atoms. The van der Waals surface area contributed by atoms with Crippen LogP contribution in [0, 0.1) is 5.92 Å². The Bertz CT molecular complexity index is 867. The molecule has 1 aromatic carbocycles. The molecule has 2 aromatic rings. The second-order valence-electron chi connectivity index (χ2n) is 8.20. The topological polar surface area (TPSA) is 71.0 Å². The molecule has 1 aliphatic heterocycles. The van der Waals surface area contributed by atoms with E-state index in [0.29, 0.717) is 18.5 Å². The predicted molar refractivity (Wildman–Crippen MR) is 124 cm³/mol. The Labute approximate surface area is 184 Å². The van der Waals surface area contributed by atoms with Crippen LogP contribution in [0.1, 0.15) is 31.7 Å². The van der Waals surface area contributed by atoms with Crippen LogP contribution in [-0.2, 0) is 6.54 Å². The lowest BCUT2D eigenvalue weighted by Crippen LogP contribution is -2.44. The fourth-order valence-corrected chi connectivity index (χ4v) is 3.75. The van der Waals surface area contributed by atoms with Gasteiger partial charge >= 0.3 is 0 Å². The van der Waals surface area contributed by atoms with E-state index in [0.717, 1.165) is 61.5 Å². The van der Waals surface area contributed by atoms with Crippen molar-refractivity contribution in [3.63, 3.8) is 0 Å². The highest BCUT2D eigenvalue weighted by Crippen LogP contribution is 2.30. The quantitative estimate of drug-likeness (QED) is 0.477. The normalized spacial score (nSPS) is 18.7. The largest absolute Gasteiger partial charge is 0.495 e. The zero-order valence-corrected chi connectivity index (χ0v) is 18.5. The fourth-order valence-electron chi connectivity index (χ4n) is 3.75. The lowest BCUT2D eigenvalue weighted by atomic mass is 10.2. The molecular formula is C24H33N5O2. The highest BCUT2D eigenvalue weighted by Gasteiger charge is 2.25. The molecule has 2 fully saturated rings. The molecule has 2 heterocycles. The first kappa shape index (κ1) is 21.3. The minimum atomic E-state index is 0.332. The summed E-state index contributed by atoms with van der Waals surface area (Å²) in [6.45, 7) is 6.17. The molecule has 1 aliphatic carbocycles. The summed E-state index contributed by atoms with van der Waals surface area (Å²) >= 11 is 0. The lowest BCUT2D eigenvalue weighted by molar-refractivity contribution is 0.288. The van der Waals surface area contributed by atoms with E-state index in [-0.39, 0.29) is 0 Å². The third-order valence-corrected chi connectivity index (χ3v) is 5.68. The maximum absolute atomic E-state index is 5.72. The second kappa shape index (κ2) is 10.4. The second-order valence-corrected chi connectivity index (χ2v) is 8.20. The number of guanidine groups is 1. The van der Waals surface area contributed by atoms with Gasteiger partial charge in [0, 0.05) is 37.9 Å². The van der Waals surface area contributed by atoms with Gasteiger partial charge in [-0.15, -0.1) is 0 Å². The van der Waals surface area contributed by atoms with Gasteiger partial charge in [-0.1, -0.05) is 18.2 Å². The number of hydrogen-bond acceptors (Lipinski definition) is 5. The maximum atomic E-state index is 5.72. The van der Waals surface area contributed by atoms with Crippen LogP contribution in [0.2, 0.25) is 0 Å². The van der Waals surface area contributed by atoms with Gasteiger partial charge in [0.25, 0.3) is 0 Å². The molecule has 1 saturated carbocycles. The summed E-state index contributed by atoms with van der Waals surface area (Å²) < 4.78 is 11.2. The molecule has 0 radical (unpaired) electrons. The number of rotatable bonds is 9. The lowest BCUT2D eigenvalue weighted by Gasteiger charge is -2.22. The summed E-state index contributed by atoms with van der Waals surface area (Å²) in [6.07, 6.45) is 5.47. The first-order chi connectivity index (χ1) is 15.2. The monoisotopic (exact) mass is 423 g/mol. The number of ether oxygens (including phenoxy) is 2. The fraction of sp³-hybridized carbons (Fsp3) is 0.500. The number of benzene rings is 1. The standard InChI is InChI=1S/C24H33N5O2/c1-3-25-24(27-15-19-10-11-23(26-14-19)31-17-18-8-9-18)28-20-12-13-29(16-20)21-6-4-5-7-22(21)30-2/h4-7,10-11,14,18,20H,3,8-9,12-13,15-17H2,1-2H3,(H2,25,27,28). The third-order valence-electron chi connectivity index (χ3n) is 5.68. The van der Waals surface area contributed by atoms with Crippen LogP contribution in [-0.4, -0.2) is 50.3 Å². The molecule has 7 nitrogen and oxygen atoms in total. The zero-order chi connectivity index (χ0) is 21.5. The Morgan fingerprint density at radius 2 is 2.06 bits per heavy atom. The number of nitrogens with zero attached hydrogens (tertiary/aromatic N) is 3. The van der Waals surface area contributed by atoms with Gasteiger partial charge in [-0.25, -0.2) is 9.98 Å². The van der Waals surface area contributed by atoms with Crippen molar-refractivity contribution in [2.75, 3.05) is 38.3 Å². The summed E-state index contributed by atoms with van der Waals surface area (Å²) in [5.74, 6) is 3.19. The first-order valence-corrected chi connectivity index (χ1v) is 11.3. The van der Waals surface area contributed by atoms with E-state index >= 15 is 0 Å².